The standard InChI is InChI=1S/C12H17NOS/c13-14-9-8-10-4-1-2-7-12(10)15-11-5-3-6-11/h1-2,4,7,11H,3,5-6,8-9,13H2. The maximum absolute atomic E-state index is 5.06. The minimum atomic E-state index is 0.599. The lowest BCUT2D eigenvalue weighted by Gasteiger charge is -2.25. The molecule has 1 aromatic carbocycles. The molecule has 2 nitrogen and oxygen atoms in total. The molecule has 0 aliphatic heterocycles. The van der Waals surface area contributed by atoms with Crippen LogP contribution in [0.25, 0.3) is 0 Å². The van der Waals surface area contributed by atoms with Gasteiger partial charge in [0, 0.05) is 10.1 Å². The van der Waals surface area contributed by atoms with E-state index < -0.39 is 0 Å². The molecule has 1 aromatic rings. The third-order valence-corrected chi connectivity index (χ3v) is 4.26. The van der Waals surface area contributed by atoms with Gasteiger partial charge in [0.05, 0.1) is 6.61 Å². The zero-order valence-electron chi connectivity index (χ0n) is 8.82. The Labute approximate surface area is 95.1 Å². The van der Waals surface area contributed by atoms with Crippen LogP contribution in [0.5, 0.6) is 0 Å². The second-order valence-electron chi connectivity index (χ2n) is 3.90. The van der Waals surface area contributed by atoms with E-state index in [0.717, 1.165) is 11.7 Å². The van der Waals surface area contributed by atoms with Gasteiger partial charge in [0.25, 0.3) is 0 Å². The Morgan fingerprint density at radius 3 is 2.80 bits per heavy atom. The minimum absolute atomic E-state index is 0.599. The van der Waals surface area contributed by atoms with Gasteiger partial charge in [-0.25, -0.2) is 5.90 Å². The summed E-state index contributed by atoms with van der Waals surface area (Å²) >= 11 is 2.01. The number of thioether (sulfide) groups is 1. The molecule has 82 valence electrons. The minimum Gasteiger partial charge on any atom is -0.304 e. The van der Waals surface area contributed by atoms with Crippen LogP contribution in [0, 0.1) is 0 Å². The molecular weight excluding hydrogens is 206 g/mol. The number of hydrogen-bond acceptors (Lipinski definition) is 3. The molecule has 15 heavy (non-hydrogen) atoms. The Bertz CT molecular complexity index is 312. The molecule has 0 bridgehead atoms. The van der Waals surface area contributed by atoms with Gasteiger partial charge in [-0.05, 0) is 30.9 Å². The molecule has 1 aliphatic carbocycles. The van der Waals surface area contributed by atoms with E-state index in [1.807, 2.05) is 11.8 Å². The Morgan fingerprint density at radius 2 is 2.13 bits per heavy atom. The molecule has 2 N–H and O–H groups in total. The molecule has 0 spiro atoms. The van der Waals surface area contributed by atoms with Crippen LogP contribution in [0.2, 0.25) is 0 Å². The summed E-state index contributed by atoms with van der Waals surface area (Å²) in [7, 11) is 0. The number of nitrogens with two attached hydrogens (primary N) is 1. The van der Waals surface area contributed by atoms with Crippen molar-refractivity contribution in [2.24, 2.45) is 5.90 Å². The van der Waals surface area contributed by atoms with Crippen molar-refractivity contribution in [2.75, 3.05) is 6.61 Å². The molecule has 2 rings (SSSR count). The fraction of sp³-hybridized carbons (Fsp3) is 0.500. The van der Waals surface area contributed by atoms with Gasteiger partial charge in [0.2, 0.25) is 0 Å². The normalized spacial score (nSPS) is 16.3. The van der Waals surface area contributed by atoms with Crippen molar-refractivity contribution in [1.29, 1.82) is 0 Å². The summed E-state index contributed by atoms with van der Waals surface area (Å²) in [5.41, 5.74) is 1.36. The van der Waals surface area contributed by atoms with Gasteiger partial charge in [0.15, 0.2) is 0 Å². The van der Waals surface area contributed by atoms with Crippen molar-refractivity contribution >= 4 is 11.8 Å². The zero-order valence-corrected chi connectivity index (χ0v) is 9.63. The fourth-order valence-corrected chi connectivity index (χ4v) is 3.07. The van der Waals surface area contributed by atoms with E-state index >= 15 is 0 Å². The molecule has 0 aromatic heterocycles. The molecule has 1 aliphatic rings. The summed E-state index contributed by atoms with van der Waals surface area (Å²) in [6.07, 6.45) is 5.04. The van der Waals surface area contributed by atoms with E-state index in [-0.39, 0.29) is 0 Å². The van der Waals surface area contributed by atoms with Crippen molar-refractivity contribution in [1.82, 2.24) is 0 Å². The first-order chi connectivity index (χ1) is 7.40. The van der Waals surface area contributed by atoms with Crippen LogP contribution in [0.1, 0.15) is 24.8 Å². The van der Waals surface area contributed by atoms with Crippen LogP contribution in [-0.4, -0.2) is 11.9 Å². The summed E-state index contributed by atoms with van der Waals surface area (Å²) < 4.78 is 0. The first kappa shape index (κ1) is 11.0. The second-order valence-corrected chi connectivity index (χ2v) is 5.24. The smallest absolute Gasteiger partial charge is 0.0720 e. The average Bonchev–Trinajstić information content (AvgIpc) is 2.22. The van der Waals surface area contributed by atoms with Gasteiger partial charge < -0.3 is 4.84 Å². The predicted molar refractivity (Wildman–Crippen MR) is 63.8 cm³/mol. The second kappa shape index (κ2) is 5.54. The van der Waals surface area contributed by atoms with Gasteiger partial charge in [-0.3, -0.25) is 0 Å². The van der Waals surface area contributed by atoms with Crippen LogP contribution >= 0.6 is 11.8 Å². The van der Waals surface area contributed by atoms with E-state index in [4.69, 9.17) is 5.90 Å². The van der Waals surface area contributed by atoms with Gasteiger partial charge >= 0.3 is 0 Å². The molecule has 0 heterocycles. The van der Waals surface area contributed by atoms with E-state index in [2.05, 4.69) is 29.1 Å². The Kier molecular flexibility index (Phi) is 4.06. The van der Waals surface area contributed by atoms with Crippen molar-refractivity contribution in [3.63, 3.8) is 0 Å². The van der Waals surface area contributed by atoms with E-state index in [1.165, 1.54) is 29.7 Å². The maximum Gasteiger partial charge on any atom is 0.0720 e. The van der Waals surface area contributed by atoms with Gasteiger partial charge in [-0.15, -0.1) is 11.8 Å². The quantitative estimate of drug-likeness (QED) is 0.780. The molecule has 1 saturated carbocycles. The largest absolute Gasteiger partial charge is 0.304 e. The fourth-order valence-electron chi connectivity index (χ4n) is 1.66. The Balaban J connectivity index is 1.99. The lowest BCUT2D eigenvalue weighted by Crippen LogP contribution is -2.13. The van der Waals surface area contributed by atoms with E-state index in [9.17, 15) is 0 Å². The van der Waals surface area contributed by atoms with Crippen LogP contribution in [0.3, 0.4) is 0 Å². The molecule has 1 fully saturated rings. The molecule has 3 heteroatoms. The lowest BCUT2D eigenvalue weighted by atomic mass is 10.00. The molecule has 0 saturated heterocycles. The zero-order chi connectivity index (χ0) is 10.5. The monoisotopic (exact) mass is 223 g/mol. The number of rotatable bonds is 5. The van der Waals surface area contributed by atoms with E-state index in [0.29, 0.717) is 6.61 Å². The summed E-state index contributed by atoms with van der Waals surface area (Å²) in [6, 6.07) is 8.55. The Morgan fingerprint density at radius 1 is 1.33 bits per heavy atom. The van der Waals surface area contributed by atoms with Crippen LogP contribution in [-0.2, 0) is 11.3 Å². The molecule has 0 unspecified atom stereocenters. The first-order valence-electron chi connectivity index (χ1n) is 5.46. The predicted octanol–water partition coefficient (Wildman–Crippen LogP) is 2.76. The van der Waals surface area contributed by atoms with Gasteiger partial charge in [0.1, 0.15) is 0 Å². The summed E-state index contributed by atoms with van der Waals surface area (Å²) in [5.74, 6) is 5.06. The SMILES string of the molecule is NOCCc1ccccc1SC1CCC1. The lowest BCUT2D eigenvalue weighted by molar-refractivity contribution is 0.141. The summed E-state index contributed by atoms with van der Waals surface area (Å²) in [6.45, 7) is 0.599. The van der Waals surface area contributed by atoms with Crippen LogP contribution in [0.4, 0.5) is 0 Å². The van der Waals surface area contributed by atoms with E-state index in [1.54, 1.807) is 0 Å². The van der Waals surface area contributed by atoms with Crippen molar-refractivity contribution in [3.8, 4) is 0 Å². The Hall–Kier alpha value is -0.510. The number of hydrogen-bond donors (Lipinski definition) is 1. The molecule has 0 atom stereocenters. The third kappa shape index (κ3) is 2.97. The first-order valence-corrected chi connectivity index (χ1v) is 6.34. The highest BCUT2D eigenvalue weighted by Gasteiger charge is 2.19. The summed E-state index contributed by atoms with van der Waals surface area (Å²) in [4.78, 5) is 6.04. The highest BCUT2D eigenvalue weighted by Crippen LogP contribution is 2.37. The third-order valence-electron chi connectivity index (χ3n) is 2.81. The van der Waals surface area contributed by atoms with Crippen molar-refractivity contribution < 1.29 is 4.84 Å². The molecule has 0 radical (unpaired) electrons. The topological polar surface area (TPSA) is 35.2 Å². The van der Waals surface area contributed by atoms with Crippen molar-refractivity contribution in [2.45, 2.75) is 35.8 Å². The van der Waals surface area contributed by atoms with Crippen LogP contribution in [0.15, 0.2) is 29.2 Å². The van der Waals surface area contributed by atoms with Gasteiger partial charge in [-0.2, -0.15) is 0 Å². The molecule has 0 amide bonds. The highest BCUT2D eigenvalue weighted by molar-refractivity contribution is 8.00. The maximum atomic E-state index is 5.06. The summed E-state index contributed by atoms with van der Waals surface area (Å²) in [5, 5.41) is 0.838. The number of benzene rings is 1. The molecular formula is C12H17NOS. The average molecular weight is 223 g/mol. The highest BCUT2D eigenvalue weighted by atomic mass is 32.2. The van der Waals surface area contributed by atoms with Gasteiger partial charge in [-0.1, -0.05) is 24.6 Å². The van der Waals surface area contributed by atoms with Crippen molar-refractivity contribution in [3.05, 3.63) is 29.8 Å². The van der Waals surface area contributed by atoms with Crippen LogP contribution < -0.4 is 5.90 Å².